The normalized spacial score (nSPS) is 11.9. The van der Waals surface area contributed by atoms with Crippen molar-refractivity contribution in [2.75, 3.05) is 21.3 Å². The minimum atomic E-state index is -0.103. The molecule has 0 unspecified atom stereocenters. The molecule has 7 nitrogen and oxygen atoms in total. The second kappa shape index (κ2) is 5.88. The van der Waals surface area contributed by atoms with Crippen molar-refractivity contribution in [3.05, 3.63) is 38.4 Å². The van der Waals surface area contributed by atoms with Gasteiger partial charge in [-0.15, -0.1) is 0 Å². The number of fused-ring (bicyclic) bond motifs is 1. The lowest BCUT2D eigenvalue weighted by Crippen LogP contribution is -2.24. The third-order valence-corrected chi connectivity index (χ3v) is 4.14. The summed E-state index contributed by atoms with van der Waals surface area (Å²) in [6.45, 7) is 1.79. The molecule has 0 N–H and O–H groups in total. The molecule has 2 heterocycles. The predicted molar refractivity (Wildman–Crippen MR) is 86.8 cm³/mol. The Labute approximate surface area is 135 Å². The van der Waals surface area contributed by atoms with Crippen molar-refractivity contribution in [3.8, 4) is 17.2 Å². The zero-order valence-corrected chi connectivity index (χ0v) is 13.9. The van der Waals surface area contributed by atoms with Gasteiger partial charge in [0.05, 0.1) is 21.3 Å². The van der Waals surface area contributed by atoms with Crippen LogP contribution in [0.1, 0.15) is 11.4 Å². The van der Waals surface area contributed by atoms with Crippen molar-refractivity contribution in [3.63, 3.8) is 0 Å². The summed E-state index contributed by atoms with van der Waals surface area (Å²) in [5.41, 5.74) is 0.740. The Morgan fingerprint density at radius 3 is 2.35 bits per heavy atom. The van der Waals surface area contributed by atoms with Crippen molar-refractivity contribution in [2.24, 2.45) is 0 Å². The van der Waals surface area contributed by atoms with Gasteiger partial charge >= 0.3 is 0 Å². The molecule has 0 amide bonds. The van der Waals surface area contributed by atoms with Gasteiger partial charge in [0.1, 0.15) is 11.2 Å². The lowest BCUT2D eigenvalue weighted by Gasteiger charge is -2.12. The maximum Gasteiger partial charge on any atom is 0.261 e. The van der Waals surface area contributed by atoms with E-state index in [9.17, 15) is 4.79 Å². The molecule has 8 heteroatoms. The molecular weight excluding hydrogens is 318 g/mol. The lowest BCUT2D eigenvalue weighted by atomic mass is 10.1. The molecule has 0 bridgehead atoms. The minimum Gasteiger partial charge on any atom is -0.493 e. The predicted octanol–water partition coefficient (Wildman–Crippen LogP) is 1.03. The Kier molecular flexibility index (Phi) is 3.91. The molecular formula is C15H15N3O4S. The summed E-state index contributed by atoms with van der Waals surface area (Å²) in [5, 5.41) is 4.69. The molecule has 3 rings (SSSR count). The van der Waals surface area contributed by atoms with E-state index in [1.165, 1.54) is 0 Å². The van der Waals surface area contributed by atoms with Gasteiger partial charge in [0.15, 0.2) is 11.5 Å². The first-order chi connectivity index (χ1) is 11.1. The van der Waals surface area contributed by atoms with Crippen LogP contribution < -0.4 is 24.3 Å². The Balaban J connectivity index is 2.25. The molecule has 2 aromatic heterocycles. The smallest absolute Gasteiger partial charge is 0.261 e. The number of aromatic nitrogens is 3. The number of hydrogen-bond donors (Lipinski definition) is 0. The number of thiazole rings is 1. The van der Waals surface area contributed by atoms with Crippen LogP contribution in [0.15, 0.2) is 16.9 Å². The van der Waals surface area contributed by atoms with Crippen molar-refractivity contribution in [1.82, 2.24) is 14.6 Å². The first-order valence-corrected chi connectivity index (χ1v) is 7.57. The topological polar surface area (TPSA) is 75.0 Å². The number of ether oxygens (including phenoxy) is 3. The molecule has 0 atom stereocenters. The van der Waals surface area contributed by atoms with E-state index in [1.807, 2.05) is 0 Å². The van der Waals surface area contributed by atoms with E-state index < -0.39 is 0 Å². The number of hydrogen-bond acceptors (Lipinski definition) is 7. The molecule has 0 radical (unpaired) electrons. The van der Waals surface area contributed by atoms with Gasteiger partial charge in [-0.1, -0.05) is 11.3 Å². The largest absolute Gasteiger partial charge is 0.493 e. The van der Waals surface area contributed by atoms with E-state index in [2.05, 4.69) is 10.1 Å². The fourth-order valence-corrected chi connectivity index (χ4v) is 3.12. The molecule has 0 spiro atoms. The number of benzene rings is 1. The molecule has 120 valence electrons. The summed E-state index contributed by atoms with van der Waals surface area (Å²) in [6, 6.07) is 3.54. The Bertz CT molecular complexity index is 952. The second-order valence-electron chi connectivity index (χ2n) is 4.73. The summed E-state index contributed by atoms with van der Waals surface area (Å²) < 4.78 is 17.4. The van der Waals surface area contributed by atoms with Gasteiger partial charge < -0.3 is 14.2 Å². The molecule has 0 aliphatic rings. The second-order valence-corrected chi connectivity index (χ2v) is 5.67. The summed E-state index contributed by atoms with van der Waals surface area (Å²) in [4.78, 5) is 16.9. The average molecular weight is 333 g/mol. The van der Waals surface area contributed by atoms with Crippen LogP contribution in [0.25, 0.3) is 11.0 Å². The zero-order valence-electron chi connectivity index (χ0n) is 13.1. The van der Waals surface area contributed by atoms with E-state index in [0.29, 0.717) is 33.4 Å². The summed E-state index contributed by atoms with van der Waals surface area (Å²) in [7, 11) is 4.63. The van der Waals surface area contributed by atoms with E-state index in [4.69, 9.17) is 14.2 Å². The third kappa shape index (κ3) is 2.61. The van der Waals surface area contributed by atoms with Gasteiger partial charge in [0, 0.05) is 0 Å². The molecule has 3 aromatic rings. The molecule has 0 fully saturated rings. The number of aryl methyl sites for hydroxylation is 1. The van der Waals surface area contributed by atoms with E-state index in [1.54, 1.807) is 51.0 Å². The van der Waals surface area contributed by atoms with Gasteiger partial charge in [-0.25, -0.2) is 4.98 Å². The highest BCUT2D eigenvalue weighted by molar-refractivity contribution is 7.14. The van der Waals surface area contributed by atoms with Crippen molar-refractivity contribution in [1.29, 1.82) is 0 Å². The van der Waals surface area contributed by atoms with Crippen LogP contribution in [0.5, 0.6) is 17.2 Å². The van der Waals surface area contributed by atoms with Crippen molar-refractivity contribution >= 4 is 22.4 Å². The Morgan fingerprint density at radius 2 is 1.78 bits per heavy atom. The quantitative estimate of drug-likeness (QED) is 0.710. The number of methoxy groups -OCH3 is 3. The number of nitrogens with zero attached hydrogens (tertiary/aromatic N) is 3. The Morgan fingerprint density at radius 1 is 1.13 bits per heavy atom. The molecule has 0 aliphatic carbocycles. The van der Waals surface area contributed by atoms with Gasteiger partial charge in [-0.3, -0.25) is 4.79 Å². The van der Waals surface area contributed by atoms with Crippen molar-refractivity contribution in [2.45, 2.75) is 6.92 Å². The molecule has 23 heavy (non-hydrogen) atoms. The summed E-state index contributed by atoms with van der Waals surface area (Å²) >= 11 is 1.06. The van der Waals surface area contributed by atoms with Gasteiger partial charge in [0.25, 0.3) is 4.74 Å². The molecule has 1 aromatic carbocycles. The first kappa shape index (κ1) is 15.3. The van der Waals surface area contributed by atoms with Crippen LogP contribution in [0.3, 0.4) is 0 Å². The lowest BCUT2D eigenvalue weighted by molar-refractivity contribution is 0.324. The van der Waals surface area contributed by atoms with Crippen LogP contribution in [-0.2, 0) is 0 Å². The van der Waals surface area contributed by atoms with Crippen LogP contribution in [0.4, 0.5) is 0 Å². The van der Waals surface area contributed by atoms with Crippen LogP contribution in [0.2, 0.25) is 0 Å². The fraction of sp³-hybridized carbons (Fsp3) is 0.267. The molecule has 0 saturated heterocycles. The number of rotatable bonds is 4. The van der Waals surface area contributed by atoms with Gasteiger partial charge in [0.2, 0.25) is 10.7 Å². The van der Waals surface area contributed by atoms with Crippen LogP contribution >= 0.6 is 11.3 Å². The van der Waals surface area contributed by atoms with Gasteiger partial charge in [-0.2, -0.15) is 9.61 Å². The van der Waals surface area contributed by atoms with Crippen LogP contribution in [-0.4, -0.2) is 35.9 Å². The highest BCUT2D eigenvalue weighted by Crippen LogP contribution is 2.38. The minimum absolute atomic E-state index is 0.103. The van der Waals surface area contributed by atoms with E-state index >= 15 is 0 Å². The Hall–Kier alpha value is -2.61. The maximum absolute atomic E-state index is 12.1. The van der Waals surface area contributed by atoms with Crippen LogP contribution in [0, 0.1) is 6.92 Å². The SMILES string of the molecule is COc1cc(/C=c2\c(=O)sc3nc(C)nn23)cc(OC)c1OC. The van der Waals surface area contributed by atoms with E-state index in [0.717, 1.165) is 16.9 Å². The highest BCUT2D eigenvalue weighted by atomic mass is 32.1. The average Bonchev–Trinajstić information content (AvgIpc) is 3.03. The van der Waals surface area contributed by atoms with Gasteiger partial charge in [-0.05, 0) is 30.7 Å². The maximum atomic E-state index is 12.1. The fourth-order valence-electron chi connectivity index (χ4n) is 2.30. The summed E-state index contributed by atoms with van der Waals surface area (Å²) in [5.74, 6) is 2.16. The summed E-state index contributed by atoms with van der Waals surface area (Å²) in [6.07, 6.45) is 1.73. The highest BCUT2D eigenvalue weighted by Gasteiger charge is 2.13. The first-order valence-electron chi connectivity index (χ1n) is 6.75. The van der Waals surface area contributed by atoms with Crippen molar-refractivity contribution < 1.29 is 14.2 Å². The monoisotopic (exact) mass is 333 g/mol. The standard InChI is InChI=1S/C15H15N3O4S/c1-8-16-15-18(17-8)10(14(19)23-15)5-9-6-11(20-2)13(22-4)12(7-9)21-3/h5-7H,1-4H3/b10-5+. The molecule has 0 aliphatic heterocycles. The zero-order chi connectivity index (χ0) is 16.6. The molecule has 0 saturated carbocycles. The van der Waals surface area contributed by atoms with E-state index in [-0.39, 0.29) is 4.74 Å². The third-order valence-electron chi connectivity index (χ3n) is 3.30.